The van der Waals surface area contributed by atoms with Gasteiger partial charge in [0.2, 0.25) is 15.9 Å². The maximum atomic E-state index is 13.3. The summed E-state index contributed by atoms with van der Waals surface area (Å²) in [5, 5.41) is 11.1. The molecule has 1 atom stereocenters. The molecule has 3 aromatic rings. The van der Waals surface area contributed by atoms with Gasteiger partial charge in [0.1, 0.15) is 11.3 Å². The van der Waals surface area contributed by atoms with Crippen LogP contribution in [0, 0.1) is 11.7 Å². The van der Waals surface area contributed by atoms with Gasteiger partial charge in [0, 0.05) is 25.6 Å². The number of rotatable bonds is 7. The SMILES string of the molecule is CCC(C)n1nnc2cc(S(=O)(=O)N3CCC(C(=O)NCc4cccc(F)c4)CC3)ccc21. The Hall–Kier alpha value is -2.85. The molecule has 2 aromatic carbocycles. The summed E-state index contributed by atoms with van der Waals surface area (Å²) in [6.07, 6.45) is 1.75. The van der Waals surface area contributed by atoms with Crippen molar-refractivity contribution in [2.24, 2.45) is 5.92 Å². The third kappa shape index (κ3) is 4.91. The predicted molar refractivity (Wildman–Crippen MR) is 122 cm³/mol. The highest BCUT2D eigenvalue weighted by Crippen LogP contribution is 2.27. The molecule has 1 N–H and O–H groups in total. The number of fused-ring (bicyclic) bond motifs is 1. The number of sulfonamides is 1. The van der Waals surface area contributed by atoms with Crippen LogP contribution in [-0.4, -0.2) is 46.7 Å². The number of nitrogens with one attached hydrogen (secondary N) is 1. The molecule has 1 aliphatic heterocycles. The fourth-order valence-corrected chi connectivity index (χ4v) is 5.56. The summed E-state index contributed by atoms with van der Waals surface area (Å²) in [6, 6.07) is 11.2. The highest BCUT2D eigenvalue weighted by Gasteiger charge is 2.32. The second-order valence-electron chi connectivity index (χ2n) is 8.47. The number of hydrogen-bond acceptors (Lipinski definition) is 5. The van der Waals surface area contributed by atoms with Gasteiger partial charge in [0.05, 0.1) is 16.5 Å². The van der Waals surface area contributed by atoms with Gasteiger partial charge in [-0.05, 0) is 62.1 Å². The first-order chi connectivity index (χ1) is 15.8. The maximum Gasteiger partial charge on any atom is 0.243 e. The molecule has 1 unspecified atom stereocenters. The average molecular weight is 474 g/mol. The predicted octanol–water partition coefficient (Wildman–Crippen LogP) is 3.26. The summed E-state index contributed by atoms with van der Waals surface area (Å²) >= 11 is 0. The largest absolute Gasteiger partial charge is 0.352 e. The van der Waals surface area contributed by atoms with Gasteiger partial charge < -0.3 is 5.32 Å². The third-order valence-electron chi connectivity index (χ3n) is 6.27. The maximum absolute atomic E-state index is 13.3. The second kappa shape index (κ2) is 9.56. The molecule has 1 aromatic heterocycles. The molecule has 0 spiro atoms. The molecule has 1 amide bonds. The molecule has 0 aliphatic carbocycles. The van der Waals surface area contributed by atoms with Crippen molar-refractivity contribution in [1.82, 2.24) is 24.6 Å². The van der Waals surface area contributed by atoms with E-state index in [0.717, 1.165) is 11.9 Å². The van der Waals surface area contributed by atoms with E-state index in [1.807, 2.05) is 6.92 Å². The Morgan fingerprint density at radius 3 is 2.67 bits per heavy atom. The van der Waals surface area contributed by atoms with Gasteiger partial charge in [-0.25, -0.2) is 17.5 Å². The smallest absolute Gasteiger partial charge is 0.243 e. The fourth-order valence-electron chi connectivity index (χ4n) is 4.07. The fraction of sp³-hybridized carbons (Fsp3) is 0.435. The Balaban J connectivity index is 1.39. The monoisotopic (exact) mass is 473 g/mol. The molecule has 1 saturated heterocycles. The minimum atomic E-state index is -3.70. The van der Waals surface area contributed by atoms with Crippen molar-refractivity contribution >= 4 is 27.0 Å². The van der Waals surface area contributed by atoms with E-state index in [0.29, 0.717) is 23.9 Å². The zero-order chi connectivity index (χ0) is 23.6. The lowest BCUT2D eigenvalue weighted by Gasteiger charge is -2.30. The van der Waals surface area contributed by atoms with E-state index >= 15 is 0 Å². The van der Waals surface area contributed by atoms with Crippen LogP contribution in [0.15, 0.2) is 47.4 Å². The number of nitrogens with zero attached hydrogens (tertiary/aromatic N) is 4. The van der Waals surface area contributed by atoms with E-state index in [1.165, 1.54) is 16.4 Å². The quantitative estimate of drug-likeness (QED) is 0.568. The van der Waals surface area contributed by atoms with Crippen LogP contribution >= 0.6 is 0 Å². The summed E-state index contributed by atoms with van der Waals surface area (Å²) in [6.45, 7) is 4.86. The van der Waals surface area contributed by atoms with E-state index in [2.05, 4.69) is 22.6 Å². The first-order valence-corrected chi connectivity index (χ1v) is 12.6. The molecule has 2 heterocycles. The lowest BCUT2D eigenvalue weighted by Crippen LogP contribution is -2.42. The number of piperidine rings is 1. The Morgan fingerprint density at radius 2 is 1.97 bits per heavy atom. The van der Waals surface area contributed by atoms with Crippen LogP contribution in [0.3, 0.4) is 0 Å². The van der Waals surface area contributed by atoms with Crippen molar-refractivity contribution in [3.63, 3.8) is 0 Å². The van der Waals surface area contributed by atoms with E-state index in [-0.39, 0.29) is 48.2 Å². The highest BCUT2D eigenvalue weighted by atomic mass is 32.2. The van der Waals surface area contributed by atoms with Crippen LogP contribution in [0.4, 0.5) is 4.39 Å². The Morgan fingerprint density at radius 1 is 1.21 bits per heavy atom. The molecule has 1 aliphatic rings. The molecular weight excluding hydrogens is 445 g/mol. The van der Waals surface area contributed by atoms with Crippen molar-refractivity contribution in [2.45, 2.75) is 50.6 Å². The van der Waals surface area contributed by atoms with E-state index in [1.54, 1.807) is 35.0 Å². The topological polar surface area (TPSA) is 97.2 Å². The third-order valence-corrected chi connectivity index (χ3v) is 8.16. The molecule has 33 heavy (non-hydrogen) atoms. The molecule has 0 bridgehead atoms. The summed E-state index contributed by atoms with van der Waals surface area (Å²) in [4.78, 5) is 12.7. The van der Waals surface area contributed by atoms with E-state index in [4.69, 9.17) is 0 Å². The van der Waals surface area contributed by atoms with E-state index < -0.39 is 10.0 Å². The van der Waals surface area contributed by atoms with Gasteiger partial charge in [-0.15, -0.1) is 5.10 Å². The van der Waals surface area contributed by atoms with Crippen molar-refractivity contribution in [3.8, 4) is 0 Å². The standard InChI is InChI=1S/C23H28FN5O3S/c1-3-16(2)29-22-8-7-20(14-21(22)26-27-29)33(31,32)28-11-9-18(10-12-28)23(30)25-15-17-5-4-6-19(24)13-17/h4-8,13-14,16,18H,3,9-12,15H2,1-2H3,(H,25,30). The second-order valence-corrected chi connectivity index (χ2v) is 10.4. The minimum Gasteiger partial charge on any atom is -0.352 e. The Kier molecular flexibility index (Phi) is 6.76. The van der Waals surface area contributed by atoms with Crippen molar-refractivity contribution in [1.29, 1.82) is 0 Å². The van der Waals surface area contributed by atoms with Crippen molar-refractivity contribution in [3.05, 3.63) is 53.8 Å². The van der Waals surface area contributed by atoms with Gasteiger partial charge in [-0.1, -0.05) is 24.3 Å². The molecule has 1 fully saturated rings. The Bertz CT molecular complexity index is 1250. The van der Waals surface area contributed by atoms with Gasteiger partial charge in [-0.2, -0.15) is 4.31 Å². The molecule has 0 saturated carbocycles. The first-order valence-electron chi connectivity index (χ1n) is 11.2. The zero-order valence-corrected chi connectivity index (χ0v) is 19.6. The molecule has 10 heteroatoms. The summed E-state index contributed by atoms with van der Waals surface area (Å²) in [5.41, 5.74) is 2.03. The van der Waals surface area contributed by atoms with Crippen LogP contribution in [0.25, 0.3) is 11.0 Å². The molecule has 4 rings (SSSR count). The van der Waals surface area contributed by atoms with Crippen LogP contribution in [0.1, 0.15) is 44.7 Å². The number of amides is 1. The van der Waals surface area contributed by atoms with Gasteiger partial charge in [-0.3, -0.25) is 4.79 Å². The number of benzene rings is 2. The first kappa shape index (κ1) is 23.3. The Labute approximate surface area is 192 Å². The van der Waals surface area contributed by atoms with Gasteiger partial charge in [0.25, 0.3) is 0 Å². The highest BCUT2D eigenvalue weighted by molar-refractivity contribution is 7.89. The molecule has 8 nitrogen and oxygen atoms in total. The lowest BCUT2D eigenvalue weighted by molar-refractivity contribution is -0.126. The van der Waals surface area contributed by atoms with Crippen molar-refractivity contribution in [2.75, 3.05) is 13.1 Å². The molecular formula is C23H28FN5O3S. The number of hydrogen-bond donors (Lipinski definition) is 1. The summed E-state index contributed by atoms with van der Waals surface area (Å²) < 4.78 is 42.9. The normalized spacial score (nSPS) is 16.7. The molecule has 176 valence electrons. The average Bonchev–Trinajstić information content (AvgIpc) is 3.25. The van der Waals surface area contributed by atoms with Gasteiger partial charge in [0.15, 0.2) is 0 Å². The lowest BCUT2D eigenvalue weighted by atomic mass is 9.97. The molecule has 0 radical (unpaired) electrons. The van der Waals surface area contributed by atoms with Crippen LogP contribution in [0.5, 0.6) is 0 Å². The van der Waals surface area contributed by atoms with Crippen molar-refractivity contribution < 1.29 is 17.6 Å². The number of carbonyl (C=O) groups excluding carboxylic acids is 1. The zero-order valence-electron chi connectivity index (χ0n) is 18.7. The number of carbonyl (C=O) groups is 1. The van der Waals surface area contributed by atoms with Crippen LogP contribution in [0.2, 0.25) is 0 Å². The van der Waals surface area contributed by atoms with Crippen LogP contribution in [-0.2, 0) is 21.4 Å². The van der Waals surface area contributed by atoms with Gasteiger partial charge >= 0.3 is 0 Å². The summed E-state index contributed by atoms with van der Waals surface area (Å²) in [5.74, 6) is -0.761. The minimum absolute atomic E-state index is 0.139. The number of halogens is 1. The van der Waals surface area contributed by atoms with E-state index in [9.17, 15) is 17.6 Å². The van der Waals surface area contributed by atoms with Crippen LogP contribution < -0.4 is 5.32 Å². The summed E-state index contributed by atoms with van der Waals surface area (Å²) in [7, 11) is -3.70. The number of aromatic nitrogens is 3.